The monoisotopic (exact) mass is 561 g/mol. The summed E-state index contributed by atoms with van der Waals surface area (Å²) in [4.78, 5) is 40.6. The van der Waals surface area contributed by atoms with E-state index >= 15 is 0 Å². The predicted molar refractivity (Wildman–Crippen MR) is 142 cm³/mol. The molecule has 3 aliphatic rings. The molecule has 3 aliphatic carbocycles. The van der Waals surface area contributed by atoms with E-state index in [-0.39, 0.29) is 17.0 Å². The number of nitrogens with two attached hydrogens (primary N) is 1. The highest BCUT2D eigenvalue weighted by Gasteiger charge is 2.68. The van der Waals surface area contributed by atoms with Crippen LogP contribution in [0, 0.1) is 11.8 Å². The maximum absolute atomic E-state index is 14.0. The number of methoxy groups -OCH3 is 1. The summed E-state index contributed by atoms with van der Waals surface area (Å²) in [6, 6.07) is 1.83. The van der Waals surface area contributed by atoms with Gasteiger partial charge in [0, 0.05) is 25.1 Å². The number of primary amides is 1. The smallest absolute Gasteiger partial charge is 0.255 e. The van der Waals surface area contributed by atoms with E-state index in [1.807, 2.05) is 0 Å². The molecule has 1 fully saturated rings. The van der Waals surface area contributed by atoms with E-state index in [1.165, 1.54) is 19.0 Å². The fourth-order valence-electron chi connectivity index (χ4n) is 6.26. The van der Waals surface area contributed by atoms with E-state index in [1.54, 1.807) is 26.2 Å². The van der Waals surface area contributed by atoms with Crippen molar-refractivity contribution in [2.45, 2.75) is 30.6 Å². The minimum atomic E-state index is -2.95. The molecule has 1 aromatic carbocycles. The van der Waals surface area contributed by atoms with Gasteiger partial charge in [-0.25, -0.2) is 0 Å². The van der Waals surface area contributed by atoms with E-state index in [4.69, 9.17) is 15.2 Å². The van der Waals surface area contributed by atoms with Crippen molar-refractivity contribution in [2.75, 3.05) is 52.9 Å². The number of carbonyl (C=O) groups is 3. The number of hydrogen-bond acceptors (Lipinski definition) is 12. The van der Waals surface area contributed by atoms with Crippen LogP contribution >= 0.6 is 0 Å². The minimum absolute atomic E-state index is 0.0821. The molecule has 0 aromatic heterocycles. The van der Waals surface area contributed by atoms with Gasteiger partial charge in [0.1, 0.15) is 22.8 Å². The van der Waals surface area contributed by atoms with Crippen LogP contribution in [-0.4, -0.2) is 113 Å². The number of phenols is 1. The lowest BCUT2D eigenvalue weighted by Gasteiger charge is -2.53. The van der Waals surface area contributed by atoms with Crippen LogP contribution in [0.15, 0.2) is 29.0 Å². The quantitative estimate of drug-likeness (QED) is 0.116. The van der Waals surface area contributed by atoms with Crippen LogP contribution in [0.5, 0.6) is 5.75 Å². The molecule has 6 atom stereocenters. The van der Waals surface area contributed by atoms with Crippen LogP contribution in [0.2, 0.25) is 0 Å². The lowest BCUT2D eigenvalue weighted by molar-refractivity contribution is -0.169. The Kier molecular flexibility index (Phi) is 7.98. The van der Waals surface area contributed by atoms with Crippen molar-refractivity contribution >= 4 is 28.9 Å². The summed E-state index contributed by atoms with van der Waals surface area (Å²) in [6.45, 7) is 3.08. The molecule has 13 nitrogen and oxygen atoms in total. The Hall–Kier alpha value is -3.49. The number of ether oxygens (including phenoxy) is 2. The average Bonchev–Trinajstić information content (AvgIpc) is 2.88. The van der Waals surface area contributed by atoms with Gasteiger partial charge >= 0.3 is 0 Å². The number of amides is 1. The summed E-state index contributed by atoms with van der Waals surface area (Å²) >= 11 is 0. The van der Waals surface area contributed by atoms with E-state index in [2.05, 4.69) is 5.32 Å². The second-order valence-electron chi connectivity index (χ2n) is 10.5. The van der Waals surface area contributed by atoms with Gasteiger partial charge in [-0.15, -0.1) is 0 Å². The van der Waals surface area contributed by atoms with Crippen molar-refractivity contribution in [3.05, 3.63) is 40.2 Å². The fourth-order valence-corrected chi connectivity index (χ4v) is 6.26. The highest BCUT2D eigenvalue weighted by molar-refractivity contribution is 6.24. The molecule has 40 heavy (non-hydrogen) atoms. The molecule has 0 radical (unpaired) electrons. The Labute approximate surface area is 230 Å². The Morgan fingerprint density at radius 3 is 2.42 bits per heavy atom. The molecule has 0 bridgehead atoms. The fraction of sp³-hybridized carbons (Fsp3) is 0.519. The molecule has 1 saturated carbocycles. The summed E-state index contributed by atoms with van der Waals surface area (Å²) in [7, 11) is 4.47. The Morgan fingerprint density at radius 2 is 1.82 bits per heavy atom. The Balaban J connectivity index is 1.83. The Morgan fingerprint density at radius 1 is 1.15 bits per heavy atom. The summed E-state index contributed by atoms with van der Waals surface area (Å²) in [5, 5.41) is 59.7. The first kappa shape index (κ1) is 29.5. The van der Waals surface area contributed by atoms with Crippen LogP contribution in [0.25, 0.3) is 5.76 Å². The van der Waals surface area contributed by atoms with Crippen LogP contribution in [0.4, 0.5) is 5.69 Å². The van der Waals surface area contributed by atoms with Crippen LogP contribution in [0.3, 0.4) is 0 Å². The number of phenolic OH excluding ortho intramolecular Hbond substituents is 1. The zero-order valence-corrected chi connectivity index (χ0v) is 22.7. The Bertz CT molecular complexity index is 1310. The van der Waals surface area contributed by atoms with Gasteiger partial charge in [0.15, 0.2) is 11.4 Å². The first-order chi connectivity index (χ1) is 18.8. The molecular weight excluding hydrogens is 526 g/mol. The molecule has 218 valence electrons. The van der Waals surface area contributed by atoms with Crippen molar-refractivity contribution in [3.63, 3.8) is 0 Å². The summed E-state index contributed by atoms with van der Waals surface area (Å²) < 4.78 is 10.3. The second-order valence-corrected chi connectivity index (χ2v) is 10.5. The van der Waals surface area contributed by atoms with Crippen molar-refractivity contribution in [1.82, 2.24) is 4.90 Å². The van der Waals surface area contributed by atoms with Gasteiger partial charge in [-0.1, -0.05) is 13.0 Å². The maximum atomic E-state index is 14.0. The van der Waals surface area contributed by atoms with Crippen LogP contribution < -0.4 is 11.1 Å². The topological polar surface area (TPSA) is 212 Å². The molecule has 8 N–H and O–H groups in total. The first-order valence-electron chi connectivity index (χ1n) is 12.8. The van der Waals surface area contributed by atoms with Crippen molar-refractivity contribution < 1.29 is 49.4 Å². The standard InChI is InChI=1S/C27H35N3O10/c1-11-12-5-6-13(29-7-8-40-10-9-39-4)20(31)15(12)21(32)16-14(11)22(33)18-19(30(2)3)23(34)17(26(28)37)25(36)27(18,38)24(16)35/h5-6,11,14,18-19,22,29,31-33,36,38H,7-10H2,1-4H3,(H2,28,37)/t11-,14+,18+,19-,22-,27-/m1/s1. The number of fused-ring (bicyclic) bond motifs is 3. The molecule has 0 spiro atoms. The minimum Gasteiger partial charge on any atom is -0.508 e. The number of benzene rings is 1. The molecule has 4 rings (SSSR count). The van der Waals surface area contributed by atoms with E-state index in [0.717, 1.165) is 0 Å². The number of anilines is 1. The number of carbonyl (C=O) groups excluding carboxylic acids is 3. The van der Waals surface area contributed by atoms with Gasteiger partial charge in [-0.05, 0) is 31.6 Å². The van der Waals surface area contributed by atoms with Gasteiger partial charge in [0.05, 0.1) is 49.1 Å². The predicted octanol–water partition coefficient (Wildman–Crippen LogP) is -0.429. The highest BCUT2D eigenvalue weighted by Crippen LogP contribution is 2.56. The number of hydrogen-bond donors (Lipinski definition) is 7. The third kappa shape index (κ3) is 4.25. The summed E-state index contributed by atoms with van der Waals surface area (Å²) in [6.07, 6.45) is -1.64. The summed E-state index contributed by atoms with van der Waals surface area (Å²) in [5.41, 5.74) is 1.56. The third-order valence-electron chi connectivity index (χ3n) is 8.12. The van der Waals surface area contributed by atoms with Crippen LogP contribution in [-0.2, 0) is 23.9 Å². The molecule has 1 amide bonds. The van der Waals surface area contributed by atoms with E-state index in [0.29, 0.717) is 31.9 Å². The molecule has 0 unspecified atom stereocenters. The van der Waals surface area contributed by atoms with Gasteiger partial charge < -0.3 is 46.1 Å². The third-order valence-corrected chi connectivity index (χ3v) is 8.12. The number of likely N-dealkylation sites (N-methyl/N-ethyl adjacent to an activating group) is 1. The number of nitrogens with zero attached hydrogens (tertiary/aromatic N) is 1. The number of aromatic hydroxyl groups is 1. The molecular formula is C27H35N3O10. The zero-order chi connectivity index (χ0) is 29.7. The largest absolute Gasteiger partial charge is 0.508 e. The molecule has 0 heterocycles. The van der Waals surface area contributed by atoms with E-state index < -0.39 is 75.6 Å². The summed E-state index contributed by atoms with van der Waals surface area (Å²) in [5.74, 6) is -9.24. The number of ketones is 2. The molecule has 1 aromatic rings. The average molecular weight is 562 g/mol. The van der Waals surface area contributed by atoms with E-state index in [9.17, 15) is 39.9 Å². The van der Waals surface area contributed by atoms with Crippen LogP contribution in [0.1, 0.15) is 24.0 Å². The first-order valence-corrected chi connectivity index (χ1v) is 12.8. The van der Waals surface area contributed by atoms with Crippen molar-refractivity contribution in [1.29, 1.82) is 0 Å². The zero-order valence-electron chi connectivity index (χ0n) is 22.7. The molecule has 0 saturated heterocycles. The van der Waals surface area contributed by atoms with Gasteiger partial charge in [-0.2, -0.15) is 0 Å². The number of nitrogens with one attached hydrogen (secondary N) is 1. The van der Waals surface area contributed by atoms with Gasteiger partial charge in [0.25, 0.3) is 5.91 Å². The highest BCUT2D eigenvalue weighted by atomic mass is 16.5. The number of aliphatic hydroxyl groups excluding tert-OH is 3. The van der Waals surface area contributed by atoms with Gasteiger partial charge in [0.2, 0.25) is 5.78 Å². The maximum Gasteiger partial charge on any atom is 0.255 e. The number of rotatable bonds is 9. The SMILES string of the molecule is COCCOCCNc1ccc2c(c1O)C(O)=C1C(=O)[C@@]3(O)C(O)=C(C(N)=O)C(=O)[C@H](N(C)C)[C@H]3[C@H](O)[C@H]1[C@@H]2C. The lowest BCUT2D eigenvalue weighted by Crippen LogP contribution is -2.70. The van der Waals surface area contributed by atoms with Gasteiger partial charge in [-0.3, -0.25) is 19.3 Å². The normalized spacial score (nSPS) is 29.8. The molecule has 13 heteroatoms. The van der Waals surface area contributed by atoms with Crippen molar-refractivity contribution in [3.8, 4) is 5.75 Å². The number of aliphatic hydroxyl groups is 4. The lowest BCUT2D eigenvalue weighted by atomic mass is 9.54. The second kappa shape index (κ2) is 10.8. The number of Topliss-reactive ketones (excluding diaryl/α,β-unsaturated/α-hetero) is 2. The van der Waals surface area contributed by atoms with Crippen molar-refractivity contribution in [2.24, 2.45) is 17.6 Å². The molecule has 0 aliphatic heterocycles.